The predicted octanol–water partition coefficient (Wildman–Crippen LogP) is 3.00. The van der Waals surface area contributed by atoms with Crippen molar-refractivity contribution in [3.63, 3.8) is 0 Å². The van der Waals surface area contributed by atoms with Crippen molar-refractivity contribution in [3.8, 4) is 0 Å². The zero-order valence-electron chi connectivity index (χ0n) is 11.0. The van der Waals surface area contributed by atoms with Gasteiger partial charge in [-0.2, -0.15) is 0 Å². The molecule has 0 N–H and O–H groups in total. The first-order chi connectivity index (χ1) is 7.89. The van der Waals surface area contributed by atoms with Crippen LogP contribution in [0.25, 0.3) is 0 Å². The Kier molecular flexibility index (Phi) is 2.22. The number of allylic oxidation sites excluding steroid dienone is 2. The molecule has 3 aliphatic carbocycles. The highest BCUT2D eigenvalue weighted by atomic mass is 16.7. The molecule has 0 amide bonds. The lowest BCUT2D eigenvalue weighted by Gasteiger charge is -2.64. The van der Waals surface area contributed by atoms with E-state index in [9.17, 15) is 0 Å². The smallest absolute Gasteiger partial charge is 0.402 e. The first-order valence-corrected chi connectivity index (χ1v) is 6.54. The van der Waals surface area contributed by atoms with E-state index in [2.05, 4.69) is 33.9 Å². The second-order valence-electron chi connectivity index (χ2n) is 6.58. The molecule has 0 aromatic rings. The lowest BCUT2D eigenvalue weighted by molar-refractivity contribution is -0.199. The van der Waals surface area contributed by atoms with Crippen LogP contribution >= 0.6 is 0 Å². The lowest BCUT2D eigenvalue weighted by Crippen LogP contribution is -2.65. The maximum absolute atomic E-state index is 6.20. The highest BCUT2D eigenvalue weighted by molar-refractivity contribution is 6.55. The molecule has 0 aromatic heterocycles. The van der Waals surface area contributed by atoms with Crippen LogP contribution in [0.1, 0.15) is 33.6 Å². The van der Waals surface area contributed by atoms with Crippen molar-refractivity contribution >= 4 is 7.12 Å². The summed E-state index contributed by atoms with van der Waals surface area (Å²) in [4.78, 5) is 0. The van der Waals surface area contributed by atoms with Gasteiger partial charge in [0.25, 0.3) is 0 Å². The van der Waals surface area contributed by atoms with Gasteiger partial charge in [-0.15, -0.1) is 0 Å². The molecule has 92 valence electrons. The summed E-state index contributed by atoms with van der Waals surface area (Å²) in [6, 6.07) is 0. The second kappa shape index (κ2) is 3.27. The molecule has 0 radical (unpaired) electrons. The van der Waals surface area contributed by atoms with Crippen molar-refractivity contribution in [2.24, 2.45) is 17.3 Å². The maximum atomic E-state index is 6.20. The summed E-state index contributed by atoms with van der Waals surface area (Å²) in [7, 11) is -0.280. The number of hydrogen-bond donors (Lipinski definition) is 0. The molecule has 4 atom stereocenters. The van der Waals surface area contributed by atoms with E-state index in [4.69, 9.17) is 9.31 Å². The summed E-state index contributed by atoms with van der Waals surface area (Å²) >= 11 is 0. The fraction of sp³-hybridized carbons (Fsp3) is 0.714. The summed E-state index contributed by atoms with van der Waals surface area (Å²) in [5, 5.41) is 0. The van der Waals surface area contributed by atoms with Gasteiger partial charge in [-0.25, -0.2) is 0 Å². The van der Waals surface area contributed by atoms with E-state index in [0.29, 0.717) is 11.3 Å². The van der Waals surface area contributed by atoms with Crippen LogP contribution in [0, 0.1) is 17.3 Å². The molecule has 4 fully saturated rings. The van der Waals surface area contributed by atoms with Gasteiger partial charge < -0.3 is 9.31 Å². The normalized spacial score (nSPS) is 46.1. The quantitative estimate of drug-likeness (QED) is 0.538. The zero-order valence-corrected chi connectivity index (χ0v) is 11.0. The Balaban J connectivity index is 1.87. The molecular weight excluding hydrogens is 211 g/mol. The van der Waals surface area contributed by atoms with Crippen molar-refractivity contribution in [1.29, 1.82) is 0 Å². The summed E-state index contributed by atoms with van der Waals surface area (Å²) in [6.07, 6.45) is 4.39. The summed E-state index contributed by atoms with van der Waals surface area (Å²) in [5.74, 6) is 1.41. The molecule has 1 aliphatic heterocycles. The predicted molar refractivity (Wildman–Crippen MR) is 69.4 cm³/mol. The molecule has 2 bridgehead atoms. The minimum Gasteiger partial charge on any atom is -0.402 e. The molecular formula is C14H21BO2. The van der Waals surface area contributed by atoms with E-state index in [1.54, 1.807) is 6.08 Å². The SMILES string of the molecule is C=CC(=C)B1O[C@@H]2C[C@@H]3C[C@@H](C3(C)C)[C@]2(C)O1. The van der Waals surface area contributed by atoms with Crippen LogP contribution in [-0.4, -0.2) is 18.8 Å². The Morgan fingerprint density at radius 1 is 1.35 bits per heavy atom. The standard InChI is InChI=1S/C14H21BO2/c1-6-9(2)15-16-12-8-10-7-11(13(10,3)4)14(12,5)17-15/h6,10-12H,1-2,7-8H2,3-5H3/t10-,11-,12+,14-/m0/s1. The Bertz CT molecular complexity index is 390. The largest absolute Gasteiger partial charge is 0.494 e. The van der Waals surface area contributed by atoms with Crippen LogP contribution in [0.2, 0.25) is 0 Å². The van der Waals surface area contributed by atoms with Crippen LogP contribution in [0.5, 0.6) is 0 Å². The molecule has 1 saturated heterocycles. The Labute approximate surface area is 104 Å². The monoisotopic (exact) mass is 232 g/mol. The minimum absolute atomic E-state index is 0.130. The Hall–Kier alpha value is -0.535. The van der Waals surface area contributed by atoms with Gasteiger partial charge in [0, 0.05) is 0 Å². The zero-order chi connectivity index (χ0) is 12.4. The molecule has 3 saturated carbocycles. The van der Waals surface area contributed by atoms with Gasteiger partial charge in [-0.05, 0) is 42.5 Å². The van der Waals surface area contributed by atoms with Crippen LogP contribution in [0.4, 0.5) is 0 Å². The Morgan fingerprint density at radius 2 is 2.06 bits per heavy atom. The van der Waals surface area contributed by atoms with Crippen LogP contribution in [0.15, 0.2) is 24.7 Å². The van der Waals surface area contributed by atoms with E-state index >= 15 is 0 Å². The van der Waals surface area contributed by atoms with E-state index in [0.717, 1.165) is 17.8 Å². The third-order valence-corrected chi connectivity index (χ3v) is 5.51. The molecule has 0 aromatic carbocycles. The average Bonchev–Trinajstić information content (AvgIpc) is 2.64. The van der Waals surface area contributed by atoms with E-state index in [-0.39, 0.29) is 18.8 Å². The van der Waals surface area contributed by atoms with E-state index in [1.807, 2.05) is 0 Å². The van der Waals surface area contributed by atoms with Gasteiger partial charge in [-0.1, -0.05) is 33.1 Å². The van der Waals surface area contributed by atoms with E-state index in [1.165, 1.54) is 6.42 Å². The van der Waals surface area contributed by atoms with Crippen molar-refractivity contribution < 1.29 is 9.31 Å². The highest BCUT2D eigenvalue weighted by Crippen LogP contribution is 2.65. The van der Waals surface area contributed by atoms with Gasteiger partial charge in [0.1, 0.15) is 0 Å². The van der Waals surface area contributed by atoms with Crippen molar-refractivity contribution in [1.82, 2.24) is 0 Å². The molecule has 0 unspecified atom stereocenters. The van der Waals surface area contributed by atoms with Gasteiger partial charge in [0.15, 0.2) is 0 Å². The summed E-state index contributed by atoms with van der Waals surface area (Å²) in [5.41, 5.74) is 1.11. The summed E-state index contributed by atoms with van der Waals surface area (Å²) in [6.45, 7) is 14.6. The molecule has 4 aliphatic rings. The molecule has 4 rings (SSSR count). The highest BCUT2D eigenvalue weighted by Gasteiger charge is 2.67. The van der Waals surface area contributed by atoms with Gasteiger partial charge in [0.2, 0.25) is 0 Å². The van der Waals surface area contributed by atoms with Gasteiger partial charge in [-0.3, -0.25) is 0 Å². The van der Waals surface area contributed by atoms with Crippen LogP contribution in [0.3, 0.4) is 0 Å². The number of hydrogen-bond acceptors (Lipinski definition) is 2. The third-order valence-electron chi connectivity index (χ3n) is 5.51. The fourth-order valence-electron chi connectivity index (χ4n) is 4.12. The minimum atomic E-state index is -0.280. The lowest BCUT2D eigenvalue weighted by atomic mass is 9.43. The fourth-order valence-corrected chi connectivity index (χ4v) is 4.12. The molecule has 1 heterocycles. The molecule has 17 heavy (non-hydrogen) atoms. The van der Waals surface area contributed by atoms with Crippen LogP contribution in [-0.2, 0) is 9.31 Å². The topological polar surface area (TPSA) is 18.5 Å². The maximum Gasteiger partial charge on any atom is 0.494 e. The molecule has 2 nitrogen and oxygen atoms in total. The summed E-state index contributed by atoms with van der Waals surface area (Å²) < 4.78 is 12.2. The number of rotatable bonds is 2. The third kappa shape index (κ3) is 1.30. The first kappa shape index (κ1) is 11.5. The average molecular weight is 232 g/mol. The second-order valence-corrected chi connectivity index (χ2v) is 6.58. The van der Waals surface area contributed by atoms with Crippen LogP contribution < -0.4 is 0 Å². The van der Waals surface area contributed by atoms with Crippen molar-refractivity contribution in [2.45, 2.75) is 45.3 Å². The van der Waals surface area contributed by atoms with Gasteiger partial charge in [0.05, 0.1) is 11.7 Å². The van der Waals surface area contributed by atoms with Crippen molar-refractivity contribution in [3.05, 3.63) is 24.7 Å². The molecule has 0 spiro atoms. The molecule has 3 heteroatoms. The van der Waals surface area contributed by atoms with Gasteiger partial charge >= 0.3 is 7.12 Å². The van der Waals surface area contributed by atoms with Crippen molar-refractivity contribution in [2.75, 3.05) is 0 Å². The first-order valence-electron chi connectivity index (χ1n) is 6.54. The van der Waals surface area contributed by atoms with E-state index < -0.39 is 0 Å². The Morgan fingerprint density at radius 3 is 2.65 bits per heavy atom.